The number of fused-ring (bicyclic) bond motifs is 4. The first-order valence-electron chi connectivity index (χ1n) is 11.2. The molecule has 0 unspecified atom stereocenters. The molecule has 0 bridgehead atoms. The summed E-state index contributed by atoms with van der Waals surface area (Å²) in [5.74, 6) is 0.106. The fourth-order valence-electron chi connectivity index (χ4n) is 4.94. The number of anilines is 2. The number of nitrogens with zero attached hydrogens (tertiary/aromatic N) is 4. The highest BCUT2D eigenvalue weighted by Crippen LogP contribution is 2.42. The first kappa shape index (κ1) is 22.4. The average molecular weight is 506 g/mol. The number of carbonyl (C=O) groups is 1. The zero-order valence-electron chi connectivity index (χ0n) is 18.7. The number of benzene rings is 2. The Morgan fingerprint density at radius 3 is 2.69 bits per heavy atom. The number of hydrogen-bond donors (Lipinski definition) is 1. The van der Waals surface area contributed by atoms with Crippen LogP contribution in [0.3, 0.4) is 0 Å². The lowest BCUT2D eigenvalue weighted by Crippen LogP contribution is -2.33. The molecule has 10 heteroatoms. The third kappa shape index (κ3) is 3.65. The molecule has 1 aliphatic rings. The molecule has 2 N–H and O–H groups in total. The first-order chi connectivity index (χ1) is 17.3. The molecule has 0 fully saturated rings. The van der Waals surface area contributed by atoms with Crippen molar-refractivity contribution >= 4 is 50.6 Å². The Morgan fingerprint density at radius 2 is 1.92 bits per heavy atom. The van der Waals surface area contributed by atoms with Gasteiger partial charge in [0.25, 0.3) is 5.91 Å². The highest BCUT2D eigenvalue weighted by molar-refractivity contribution is 7.04. The summed E-state index contributed by atoms with van der Waals surface area (Å²) in [7, 11) is 0. The van der Waals surface area contributed by atoms with Gasteiger partial charge in [0.2, 0.25) is 0 Å². The van der Waals surface area contributed by atoms with Crippen LogP contribution in [0, 0.1) is 0 Å². The molecule has 0 aliphatic heterocycles. The summed E-state index contributed by atoms with van der Waals surface area (Å²) < 4.78 is 43.9. The van der Waals surface area contributed by atoms with E-state index in [1.165, 1.54) is 23.7 Å². The maximum atomic E-state index is 14.0. The minimum absolute atomic E-state index is 0.274. The van der Waals surface area contributed by atoms with Crippen LogP contribution in [0.5, 0.6) is 0 Å². The van der Waals surface area contributed by atoms with Crippen molar-refractivity contribution in [2.75, 3.05) is 10.6 Å². The lowest BCUT2D eigenvalue weighted by Gasteiger charge is -2.29. The van der Waals surface area contributed by atoms with Crippen LogP contribution in [0.15, 0.2) is 66.4 Å². The fourth-order valence-corrected chi connectivity index (χ4v) is 5.45. The third-order valence-electron chi connectivity index (χ3n) is 6.62. The zero-order valence-corrected chi connectivity index (χ0v) is 19.5. The van der Waals surface area contributed by atoms with E-state index in [1.807, 2.05) is 0 Å². The van der Waals surface area contributed by atoms with Crippen molar-refractivity contribution in [1.29, 1.82) is 0 Å². The summed E-state index contributed by atoms with van der Waals surface area (Å²) in [5.41, 5.74) is 8.41. The van der Waals surface area contributed by atoms with Crippen LogP contribution in [0.4, 0.5) is 24.7 Å². The number of halogens is 3. The molecule has 36 heavy (non-hydrogen) atoms. The standard InChI is InChI=1S/C26H18F3N5OS/c27-26(28,29)16-3-4-18-14(9-16)2-6-23(18)34(17-11-32-36-13-17)25(35)15-1-5-22-20(10-15)21-12-31-8-7-19(21)24(30)33-22/h1,3-5,7-13,23H,2,6H2,(H2,30,33)/t23-/m1/s1. The number of rotatable bonds is 3. The minimum Gasteiger partial charge on any atom is -0.383 e. The Labute approximate surface area is 207 Å². The Bertz CT molecular complexity index is 1630. The second-order valence-corrected chi connectivity index (χ2v) is 9.33. The second kappa shape index (κ2) is 8.27. The van der Waals surface area contributed by atoms with Crippen molar-refractivity contribution in [2.45, 2.75) is 25.1 Å². The first-order valence-corrected chi connectivity index (χ1v) is 12.0. The van der Waals surface area contributed by atoms with E-state index in [9.17, 15) is 18.0 Å². The molecule has 1 amide bonds. The Balaban J connectivity index is 1.45. The number of aryl methyl sites for hydroxylation is 1. The van der Waals surface area contributed by atoms with Crippen molar-refractivity contribution in [2.24, 2.45) is 0 Å². The summed E-state index contributed by atoms with van der Waals surface area (Å²) in [6.07, 6.45) is 1.47. The monoisotopic (exact) mass is 505 g/mol. The fraction of sp³-hybridized carbons (Fsp3) is 0.154. The van der Waals surface area contributed by atoms with Crippen molar-refractivity contribution in [1.82, 2.24) is 14.3 Å². The molecule has 3 aromatic heterocycles. The maximum absolute atomic E-state index is 14.0. The summed E-state index contributed by atoms with van der Waals surface area (Å²) >= 11 is 1.21. The molecule has 3 heterocycles. The number of pyridine rings is 2. The number of amides is 1. The zero-order chi connectivity index (χ0) is 25.0. The quantitative estimate of drug-likeness (QED) is 0.296. The highest BCUT2D eigenvalue weighted by atomic mass is 32.1. The van der Waals surface area contributed by atoms with Crippen LogP contribution in [-0.2, 0) is 12.6 Å². The van der Waals surface area contributed by atoms with Crippen LogP contribution in [-0.4, -0.2) is 20.2 Å². The van der Waals surface area contributed by atoms with Gasteiger partial charge in [-0.15, -0.1) is 0 Å². The van der Waals surface area contributed by atoms with Crippen molar-refractivity contribution in [3.05, 3.63) is 88.7 Å². The van der Waals surface area contributed by atoms with Gasteiger partial charge >= 0.3 is 6.18 Å². The van der Waals surface area contributed by atoms with Crippen molar-refractivity contribution in [3.63, 3.8) is 0 Å². The second-order valence-electron chi connectivity index (χ2n) is 8.67. The molecule has 2 aromatic carbocycles. The van der Waals surface area contributed by atoms with Crippen LogP contribution in [0.2, 0.25) is 0 Å². The molecule has 180 valence electrons. The molecule has 6 nitrogen and oxygen atoms in total. The molecule has 0 radical (unpaired) electrons. The van der Waals surface area contributed by atoms with Gasteiger partial charge in [0, 0.05) is 39.5 Å². The summed E-state index contributed by atoms with van der Waals surface area (Å²) in [5, 5.41) is 4.03. The van der Waals surface area contributed by atoms with E-state index in [2.05, 4.69) is 14.3 Å². The SMILES string of the molecule is Nc1nc2ccc(C(=O)N(c3cnsc3)[C@@H]3CCc4cc(C(F)(F)F)ccc43)cc2c2cnccc12. The van der Waals surface area contributed by atoms with E-state index >= 15 is 0 Å². The molecule has 6 rings (SSSR count). The van der Waals surface area contributed by atoms with Gasteiger partial charge < -0.3 is 5.73 Å². The number of nitrogens with two attached hydrogens (primary N) is 1. The summed E-state index contributed by atoms with van der Waals surface area (Å²) in [6.45, 7) is 0. The van der Waals surface area contributed by atoms with E-state index in [0.29, 0.717) is 46.6 Å². The lowest BCUT2D eigenvalue weighted by molar-refractivity contribution is -0.137. The van der Waals surface area contributed by atoms with Gasteiger partial charge in [-0.25, -0.2) is 4.98 Å². The minimum atomic E-state index is -4.42. The van der Waals surface area contributed by atoms with Gasteiger partial charge in [0.05, 0.1) is 29.0 Å². The predicted octanol–water partition coefficient (Wildman–Crippen LogP) is 6.17. The Hall–Kier alpha value is -4.05. The van der Waals surface area contributed by atoms with Gasteiger partial charge in [-0.1, -0.05) is 6.07 Å². The van der Waals surface area contributed by atoms with E-state index in [-0.39, 0.29) is 5.91 Å². The Kier molecular flexibility index (Phi) is 5.15. The molecule has 1 aliphatic carbocycles. The molecule has 0 saturated heterocycles. The van der Waals surface area contributed by atoms with Gasteiger partial charge in [-0.3, -0.25) is 14.7 Å². The Morgan fingerprint density at radius 1 is 1.06 bits per heavy atom. The molecular weight excluding hydrogens is 487 g/mol. The topological polar surface area (TPSA) is 85.0 Å². The third-order valence-corrected chi connectivity index (χ3v) is 7.19. The van der Waals surface area contributed by atoms with Gasteiger partial charge in [-0.2, -0.15) is 17.5 Å². The molecule has 0 saturated carbocycles. The number of nitrogen functional groups attached to an aromatic ring is 1. The van der Waals surface area contributed by atoms with Crippen molar-refractivity contribution in [3.8, 4) is 0 Å². The lowest BCUT2D eigenvalue weighted by atomic mass is 10.0. The van der Waals surface area contributed by atoms with E-state index in [4.69, 9.17) is 5.73 Å². The van der Waals surface area contributed by atoms with E-state index in [0.717, 1.165) is 22.2 Å². The van der Waals surface area contributed by atoms with Gasteiger partial charge in [0.15, 0.2) is 0 Å². The molecule has 1 atom stereocenters. The number of aromatic nitrogens is 3. The largest absolute Gasteiger partial charge is 0.416 e. The normalized spacial score (nSPS) is 15.4. The van der Waals surface area contributed by atoms with Crippen LogP contribution in [0.25, 0.3) is 21.7 Å². The molecular formula is C26H18F3N5OS. The molecule has 0 spiro atoms. The van der Waals surface area contributed by atoms with Crippen LogP contribution in [0.1, 0.15) is 39.5 Å². The smallest absolute Gasteiger partial charge is 0.383 e. The average Bonchev–Trinajstić information content (AvgIpc) is 3.54. The number of carbonyl (C=O) groups excluding carboxylic acids is 1. The van der Waals surface area contributed by atoms with Crippen LogP contribution < -0.4 is 10.6 Å². The van der Waals surface area contributed by atoms with Crippen molar-refractivity contribution < 1.29 is 18.0 Å². The van der Waals surface area contributed by atoms with E-state index in [1.54, 1.807) is 53.1 Å². The number of alkyl halides is 3. The van der Waals surface area contributed by atoms with Gasteiger partial charge in [-0.05, 0) is 71.9 Å². The number of hydrogen-bond acceptors (Lipinski definition) is 6. The van der Waals surface area contributed by atoms with Crippen LogP contribution >= 0.6 is 11.5 Å². The van der Waals surface area contributed by atoms with Gasteiger partial charge in [0.1, 0.15) is 5.82 Å². The summed E-state index contributed by atoms with van der Waals surface area (Å²) in [4.78, 5) is 24.3. The predicted molar refractivity (Wildman–Crippen MR) is 133 cm³/mol. The highest BCUT2D eigenvalue weighted by Gasteiger charge is 2.36. The maximum Gasteiger partial charge on any atom is 0.416 e. The molecule has 5 aromatic rings. The van der Waals surface area contributed by atoms with E-state index < -0.39 is 17.8 Å². The summed E-state index contributed by atoms with van der Waals surface area (Å²) in [6, 6.07) is 10.3.